The quantitative estimate of drug-likeness (QED) is 0.456. The third-order valence-electron chi connectivity index (χ3n) is 7.71. The first kappa shape index (κ1) is 23.6. The van der Waals surface area contributed by atoms with E-state index in [1.165, 1.54) is 10.9 Å². The number of benzene rings is 2. The smallest absolute Gasteiger partial charge is 0.262 e. The van der Waals surface area contributed by atoms with Crippen LogP contribution in [0.4, 0.5) is 0 Å². The Hall–Kier alpha value is -3.75. The molecule has 190 valence electrons. The summed E-state index contributed by atoms with van der Waals surface area (Å²) in [5.74, 6) is -0.132. The van der Waals surface area contributed by atoms with Crippen LogP contribution in [-0.2, 0) is 16.1 Å². The number of amides is 1. The van der Waals surface area contributed by atoms with E-state index in [2.05, 4.69) is 4.98 Å². The number of aliphatic hydroxyl groups is 1. The summed E-state index contributed by atoms with van der Waals surface area (Å²) in [6, 6.07) is 21.4. The van der Waals surface area contributed by atoms with Crippen LogP contribution in [-0.4, -0.2) is 55.3 Å². The Morgan fingerprint density at radius 2 is 1.73 bits per heavy atom. The number of carbonyl (C=O) groups is 1. The summed E-state index contributed by atoms with van der Waals surface area (Å²) >= 11 is 0. The lowest BCUT2D eigenvalue weighted by molar-refractivity contribution is -0.142. The first-order valence-electron chi connectivity index (χ1n) is 12.8. The molecule has 0 radical (unpaired) electrons. The predicted octanol–water partition coefficient (Wildman–Crippen LogP) is 3.32. The van der Waals surface area contributed by atoms with Crippen molar-refractivity contribution in [2.75, 3.05) is 19.7 Å². The van der Waals surface area contributed by atoms with Gasteiger partial charge in [-0.15, -0.1) is 0 Å². The number of ether oxygens (including phenoxy) is 1. The SMILES string of the molecule is O=C(C1CCOC1c1ccccc1)N1CCC(O)(Cn2cnc3c(ccn3-c3ccccc3)c2=O)CC1. The topological polar surface area (TPSA) is 89.6 Å². The molecule has 2 aliphatic rings. The van der Waals surface area contributed by atoms with Crippen molar-refractivity contribution in [3.8, 4) is 5.69 Å². The van der Waals surface area contributed by atoms with Crippen LogP contribution >= 0.6 is 0 Å². The van der Waals surface area contributed by atoms with E-state index in [1.54, 1.807) is 6.07 Å². The van der Waals surface area contributed by atoms with Crippen LogP contribution in [0.25, 0.3) is 16.7 Å². The molecule has 2 aliphatic heterocycles. The van der Waals surface area contributed by atoms with Gasteiger partial charge in [-0.05, 0) is 43.0 Å². The van der Waals surface area contributed by atoms with Gasteiger partial charge < -0.3 is 19.3 Å². The Bertz CT molecular complexity index is 1460. The molecule has 2 saturated heterocycles. The maximum atomic E-state index is 13.4. The van der Waals surface area contributed by atoms with Crippen molar-refractivity contribution < 1.29 is 14.6 Å². The van der Waals surface area contributed by atoms with Gasteiger partial charge in [-0.1, -0.05) is 48.5 Å². The van der Waals surface area contributed by atoms with Crippen molar-refractivity contribution in [1.29, 1.82) is 0 Å². The van der Waals surface area contributed by atoms with Crippen molar-refractivity contribution in [1.82, 2.24) is 19.0 Å². The molecule has 1 N–H and O–H groups in total. The molecule has 0 bridgehead atoms. The molecule has 2 fully saturated rings. The third kappa shape index (κ3) is 4.47. The lowest BCUT2D eigenvalue weighted by Crippen LogP contribution is -2.51. The summed E-state index contributed by atoms with van der Waals surface area (Å²) in [6.45, 7) is 1.61. The Morgan fingerprint density at radius 1 is 1.03 bits per heavy atom. The highest BCUT2D eigenvalue weighted by Gasteiger charge is 2.41. The lowest BCUT2D eigenvalue weighted by atomic mass is 9.89. The number of rotatable bonds is 5. The van der Waals surface area contributed by atoms with E-state index in [9.17, 15) is 14.7 Å². The Morgan fingerprint density at radius 3 is 2.46 bits per heavy atom. The fourth-order valence-corrected chi connectivity index (χ4v) is 5.63. The van der Waals surface area contributed by atoms with Crippen LogP contribution < -0.4 is 5.56 Å². The normalized spacial score (nSPS) is 21.4. The van der Waals surface area contributed by atoms with E-state index in [4.69, 9.17) is 4.74 Å². The average molecular weight is 499 g/mol. The molecule has 2 atom stereocenters. The molecule has 0 spiro atoms. The Labute approximate surface area is 214 Å². The first-order valence-corrected chi connectivity index (χ1v) is 12.8. The highest BCUT2D eigenvalue weighted by Crippen LogP contribution is 2.37. The summed E-state index contributed by atoms with van der Waals surface area (Å²) in [7, 11) is 0. The minimum Gasteiger partial charge on any atom is -0.388 e. The number of fused-ring (bicyclic) bond motifs is 1. The Balaban J connectivity index is 1.14. The van der Waals surface area contributed by atoms with E-state index < -0.39 is 5.60 Å². The monoisotopic (exact) mass is 498 g/mol. The Kier molecular flexibility index (Phi) is 6.14. The number of hydrogen-bond acceptors (Lipinski definition) is 5. The summed E-state index contributed by atoms with van der Waals surface area (Å²) in [5.41, 5.74) is 1.28. The van der Waals surface area contributed by atoms with Crippen molar-refractivity contribution in [3.63, 3.8) is 0 Å². The molecule has 8 heteroatoms. The minimum atomic E-state index is -1.08. The molecule has 0 saturated carbocycles. The molecule has 1 amide bonds. The molecule has 0 aliphatic carbocycles. The van der Waals surface area contributed by atoms with Gasteiger partial charge in [0.05, 0.1) is 29.6 Å². The van der Waals surface area contributed by atoms with Crippen LogP contribution in [0.3, 0.4) is 0 Å². The predicted molar refractivity (Wildman–Crippen MR) is 139 cm³/mol. The van der Waals surface area contributed by atoms with E-state index in [0.717, 1.165) is 11.3 Å². The zero-order valence-electron chi connectivity index (χ0n) is 20.6. The summed E-state index contributed by atoms with van der Waals surface area (Å²) in [4.78, 5) is 33.0. The van der Waals surface area contributed by atoms with Gasteiger partial charge >= 0.3 is 0 Å². The van der Waals surface area contributed by atoms with Gasteiger partial charge in [0, 0.05) is 31.6 Å². The molecule has 37 heavy (non-hydrogen) atoms. The maximum absolute atomic E-state index is 13.4. The lowest BCUT2D eigenvalue weighted by Gasteiger charge is -2.39. The van der Waals surface area contributed by atoms with E-state index in [0.29, 0.717) is 50.0 Å². The fourth-order valence-electron chi connectivity index (χ4n) is 5.63. The van der Waals surface area contributed by atoms with E-state index in [1.807, 2.05) is 76.3 Å². The van der Waals surface area contributed by atoms with Crippen molar-refractivity contribution >= 4 is 16.9 Å². The molecular formula is C29H30N4O4. The second-order valence-corrected chi connectivity index (χ2v) is 10.1. The van der Waals surface area contributed by atoms with Gasteiger partial charge in [0.15, 0.2) is 5.65 Å². The molecule has 2 aromatic heterocycles. The van der Waals surface area contributed by atoms with Gasteiger partial charge in [-0.25, -0.2) is 4.98 Å². The van der Waals surface area contributed by atoms with Crippen molar-refractivity contribution in [2.45, 2.75) is 37.5 Å². The van der Waals surface area contributed by atoms with Gasteiger partial charge in [-0.2, -0.15) is 0 Å². The second-order valence-electron chi connectivity index (χ2n) is 10.1. The van der Waals surface area contributed by atoms with Crippen molar-refractivity contribution in [2.24, 2.45) is 5.92 Å². The standard InChI is InChI=1S/C29H30N4O4/c34-27(23-12-18-37-25(23)21-7-3-1-4-8-21)31-16-13-29(36,14-17-31)19-32-20-30-26-24(28(32)35)11-15-33(26)22-9-5-2-6-10-22/h1-11,15,20,23,25,36H,12-14,16-19H2. The van der Waals surface area contributed by atoms with Crippen LogP contribution in [0, 0.1) is 5.92 Å². The summed E-state index contributed by atoms with van der Waals surface area (Å²) in [5, 5.41) is 11.9. The zero-order valence-corrected chi connectivity index (χ0v) is 20.6. The summed E-state index contributed by atoms with van der Waals surface area (Å²) in [6.07, 6.45) is 4.62. The maximum Gasteiger partial charge on any atom is 0.262 e. The number of likely N-dealkylation sites (tertiary alicyclic amines) is 1. The largest absolute Gasteiger partial charge is 0.388 e. The fraction of sp³-hybridized carbons (Fsp3) is 0.345. The highest BCUT2D eigenvalue weighted by atomic mass is 16.5. The van der Waals surface area contributed by atoms with E-state index in [-0.39, 0.29) is 30.0 Å². The molecule has 2 aromatic carbocycles. The van der Waals surface area contributed by atoms with Crippen molar-refractivity contribution in [3.05, 3.63) is 95.2 Å². The number of para-hydroxylation sites is 1. The van der Waals surface area contributed by atoms with E-state index >= 15 is 0 Å². The average Bonchev–Trinajstić information content (AvgIpc) is 3.60. The first-order chi connectivity index (χ1) is 18.0. The number of hydrogen-bond donors (Lipinski definition) is 1. The second kappa shape index (κ2) is 9.61. The van der Waals surface area contributed by atoms with Gasteiger partial charge in [-0.3, -0.25) is 14.2 Å². The number of piperidine rings is 1. The molecule has 6 rings (SSSR count). The van der Waals surface area contributed by atoms with Gasteiger partial charge in [0.1, 0.15) is 6.33 Å². The van der Waals surface area contributed by atoms with Crippen LogP contribution in [0.1, 0.15) is 30.9 Å². The number of nitrogens with zero attached hydrogens (tertiary/aromatic N) is 4. The molecular weight excluding hydrogens is 468 g/mol. The van der Waals surface area contributed by atoms with Gasteiger partial charge in [0.2, 0.25) is 5.91 Å². The number of carbonyl (C=O) groups excluding carboxylic acids is 1. The number of aromatic nitrogens is 3. The molecule has 4 heterocycles. The highest BCUT2D eigenvalue weighted by molar-refractivity contribution is 5.80. The molecule has 4 aromatic rings. The zero-order chi connectivity index (χ0) is 25.4. The third-order valence-corrected chi connectivity index (χ3v) is 7.71. The summed E-state index contributed by atoms with van der Waals surface area (Å²) < 4.78 is 9.29. The minimum absolute atomic E-state index is 0.0795. The molecule has 8 nitrogen and oxygen atoms in total. The van der Waals surface area contributed by atoms with Crippen LogP contribution in [0.2, 0.25) is 0 Å². The molecule has 2 unspecified atom stereocenters. The van der Waals surface area contributed by atoms with Crippen LogP contribution in [0.5, 0.6) is 0 Å². The van der Waals surface area contributed by atoms with Crippen LogP contribution in [0.15, 0.2) is 84.0 Å². The van der Waals surface area contributed by atoms with Gasteiger partial charge in [0.25, 0.3) is 5.56 Å².